The minimum absolute atomic E-state index is 0.0997. The predicted molar refractivity (Wildman–Crippen MR) is 123 cm³/mol. The van der Waals surface area contributed by atoms with Crippen LogP contribution in [0.5, 0.6) is 0 Å². The number of piperidine rings is 2. The van der Waals surface area contributed by atoms with E-state index in [0.717, 1.165) is 37.3 Å². The minimum Gasteiger partial charge on any atom is -0.394 e. The molecule has 1 aromatic carbocycles. The van der Waals surface area contributed by atoms with Crippen LogP contribution < -0.4 is 10.2 Å². The number of pyridine rings is 1. The van der Waals surface area contributed by atoms with Crippen LogP contribution in [0.25, 0.3) is 0 Å². The van der Waals surface area contributed by atoms with Gasteiger partial charge in [0.1, 0.15) is 5.82 Å². The Morgan fingerprint density at radius 1 is 1.03 bits per heavy atom. The molecule has 2 aliphatic heterocycles. The van der Waals surface area contributed by atoms with Gasteiger partial charge in [0.05, 0.1) is 18.2 Å². The molecule has 2 aliphatic rings. The van der Waals surface area contributed by atoms with Crippen molar-refractivity contribution in [3.63, 3.8) is 0 Å². The van der Waals surface area contributed by atoms with Crippen LogP contribution in [0, 0.1) is 0 Å². The number of carbonyl (C=O) groups is 1. The van der Waals surface area contributed by atoms with Gasteiger partial charge in [-0.05, 0) is 62.9 Å². The van der Waals surface area contributed by atoms with Crippen molar-refractivity contribution < 1.29 is 9.90 Å². The van der Waals surface area contributed by atoms with E-state index in [0.29, 0.717) is 18.0 Å². The molecule has 1 amide bonds. The fourth-order valence-corrected chi connectivity index (χ4v) is 4.88. The Labute approximate surface area is 185 Å². The van der Waals surface area contributed by atoms with Crippen molar-refractivity contribution in [2.45, 2.75) is 50.6 Å². The number of aliphatic hydroxyl groups is 1. The molecule has 1 atom stereocenters. The van der Waals surface area contributed by atoms with Crippen molar-refractivity contribution in [2.24, 2.45) is 0 Å². The molecule has 6 heteroatoms. The largest absolute Gasteiger partial charge is 0.394 e. The Kier molecular flexibility index (Phi) is 7.54. The van der Waals surface area contributed by atoms with E-state index in [1.807, 2.05) is 42.5 Å². The Balaban J connectivity index is 1.39. The lowest BCUT2D eigenvalue weighted by molar-refractivity contribution is 0.0916. The normalized spacial score (nSPS) is 19.2. The van der Waals surface area contributed by atoms with Gasteiger partial charge in [0.25, 0.3) is 5.91 Å². The molecule has 0 aliphatic carbocycles. The standard InChI is InChI=1S/C25H34N4O2/c30-19-21(18-20-8-3-1-4-9-20)27-25(31)23-10-7-13-26-24(23)29-16-11-22(12-17-29)28-14-5-2-6-15-28/h1,3-4,7-10,13,21-22,30H,2,5-6,11-12,14-19H2,(H,27,31). The molecule has 1 unspecified atom stereocenters. The fraction of sp³-hybridized carbons (Fsp3) is 0.520. The molecule has 0 saturated carbocycles. The first-order chi connectivity index (χ1) is 15.2. The van der Waals surface area contributed by atoms with Crippen LogP contribution in [-0.2, 0) is 6.42 Å². The van der Waals surface area contributed by atoms with Gasteiger partial charge in [0.15, 0.2) is 0 Å². The number of carbonyl (C=O) groups excluding carboxylic acids is 1. The molecule has 2 saturated heterocycles. The summed E-state index contributed by atoms with van der Waals surface area (Å²) >= 11 is 0. The zero-order valence-electron chi connectivity index (χ0n) is 18.2. The summed E-state index contributed by atoms with van der Waals surface area (Å²) in [7, 11) is 0. The monoisotopic (exact) mass is 422 g/mol. The number of hydrogen-bond acceptors (Lipinski definition) is 5. The summed E-state index contributed by atoms with van der Waals surface area (Å²) in [6.07, 6.45) is 8.59. The average molecular weight is 423 g/mol. The van der Waals surface area contributed by atoms with Crippen LogP contribution >= 0.6 is 0 Å². The van der Waals surface area contributed by atoms with E-state index in [4.69, 9.17) is 0 Å². The SMILES string of the molecule is O=C(NC(CO)Cc1ccccc1)c1cccnc1N1CCC(N2CCCCC2)CC1. The molecule has 6 nitrogen and oxygen atoms in total. The first-order valence-corrected chi connectivity index (χ1v) is 11.6. The second kappa shape index (κ2) is 10.7. The molecule has 3 heterocycles. The van der Waals surface area contributed by atoms with Gasteiger partial charge in [0.2, 0.25) is 0 Å². The zero-order chi connectivity index (χ0) is 21.5. The highest BCUT2D eigenvalue weighted by molar-refractivity contribution is 5.99. The first-order valence-electron chi connectivity index (χ1n) is 11.6. The van der Waals surface area contributed by atoms with Crippen molar-refractivity contribution >= 4 is 11.7 Å². The molecule has 4 rings (SSSR count). The molecule has 0 radical (unpaired) electrons. The van der Waals surface area contributed by atoms with E-state index in [1.165, 1.54) is 32.4 Å². The van der Waals surface area contributed by atoms with Crippen LogP contribution in [0.2, 0.25) is 0 Å². The molecule has 2 fully saturated rings. The van der Waals surface area contributed by atoms with E-state index in [9.17, 15) is 9.90 Å². The molecule has 0 bridgehead atoms. The van der Waals surface area contributed by atoms with E-state index in [1.54, 1.807) is 6.20 Å². The number of amides is 1. The summed E-state index contributed by atoms with van der Waals surface area (Å²) in [4.78, 5) is 22.6. The van der Waals surface area contributed by atoms with Gasteiger partial charge in [0, 0.05) is 25.3 Å². The lowest BCUT2D eigenvalue weighted by Crippen LogP contribution is -2.47. The average Bonchev–Trinajstić information content (AvgIpc) is 2.85. The lowest BCUT2D eigenvalue weighted by atomic mass is 9.99. The molecule has 0 spiro atoms. The van der Waals surface area contributed by atoms with E-state index < -0.39 is 0 Å². The number of nitrogens with one attached hydrogen (secondary N) is 1. The van der Waals surface area contributed by atoms with Crippen molar-refractivity contribution in [3.8, 4) is 0 Å². The summed E-state index contributed by atoms with van der Waals surface area (Å²) in [5.74, 6) is 0.588. The van der Waals surface area contributed by atoms with Crippen molar-refractivity contribution in [2.75, 3.05) is 37.7 Å². The Bertz CT molecular complexity index is 830. The predicted octanol–water partition coefficient (Wildman–Crippen LogP) is 2.87. The Morgan fingerprint density at radius 3 is 2.48 bits per heavy atom. The number of anilines is 1. The highest BCUT2D eigenvalue weighted by Crippen LogP contribution is 2.25. The lowest BCUT2D eigenvalue weighted by Gasteiger charge is -2.40. The van der Waals surface area contributed by atoms with Gasteiger partial charge in [-0.3, -0.25) is 4.79 Å². The third kappa shape index (κ3) is 5.63. The number of nitrogens with zero attached hydrogens (tertiary/aromatic N) is 3. The molecule has 2 aromatic rings. The van der Waals surface area contributed by atoms with Crippen molar-refractivity contribution in [3.05, 3.63) is 59.8 Å². The zero-order valence-corrected chi connectivity index (χ0v) is 18.2. The van der Waals surface area contributed by atoms with E-state index >= 15 is 0 Å². The minimum atomic E-state index is -0.326. The molecule has 2 N–H and O–H groups in total. The number of rotatable bonds is 7. The van der Waals surface area contributed by atoms with Gasteiger partial charge in [-0.1, -0.05) is 36.8 Å². The van der Waals surface area contributed by atoms with Crippen LogP contribution in [-0.4, -0.2) is 65.8 Å². The van der Waals surface area contributed by atoms with Crippen LogP contribution in [0.4, 0.5) is 5.82 Å². The second-order valence-electron chi connectivity index (χ2n) is 8.73. The van der Waals surface area contributed by atoms with Crippen molar-refractivity contribution in [1.82, 2.24) is 15.2 Å². The quantitative estimate of drug-likeness (QED) is 0.718. The number of likely N-dealkylation sites (tertiary alicyclic amines) is 1. The maximum Gasteiger partial charge on any atom is 0.255 e. The smallest absolute Gasteiger partial charge is 0.255 e. The van der Waals surface area contributed by atoms with Crippen LogP contribution in [0.1, 0.15) is 48.0 Å². The number of benzene rings is 1. The Morgan fingerprint density at radius 2 is 1.77 bits per heavy atom. The fourth-order valence-electron chi connectivity index (χ4n) is 4.88. The van der Waals surface area contributed by atoms with Gasteiger partial charge in [-0.2, -0.15) is 0 Å². The Hall–Kier alpha value is -2.44. The number of aliphatic hydroxyl groups excluding tert-OH is 1. The topological polar surface area (TPSA) is 68.7 Å². The van der Waals surface area contributed by atoms with Gasteiger partial charge >= 0.3 is 0 Å². The summed E-state index contributed by atoms with van der Waals surface area (Å²) in [6.45, 7) is 4.20. The van der Waals surface area contributed by atoms with E-state index in [2.05, 4.69) is 20.1 Å². The molecule has 1 aromatic heterocycles. The highest BCUT2D eigenvalue weighted by Gasteiger charge is 2.28. The van der Waals surface area contributed by atoms with E-state index in [-0.39, 0.29) is 18.6 Å². The first kappa shape index (κ1) is 21.8. The molecule has 31 heavy (non-hydrogen) atoms. The molecular weight excluding hydrogens is 388 g/mol. The van der Waals surface area contributed by atoms with Crippen LogP contribution in [0.3, 0.4) is 0 Å². The second-order valence-corrected chi connectivity index (χ2v) is 8.73. The van der Waals surface area contributed by atoms with Gasteiger partial charge in [-0.25, -0.2) is 4.98 Å². The molecule has 166 valence electrons. The summed E-state index contributed by atoms with van der Waals surface area (Å²) in [5.41, 5.74) is 1.68. The summed E-state index contributed by atoms with van der Waals surface area (Å²) < 4.78 is 0. The third-order valence-corrected chi connectivity index (χ3v) is 6.58. The van der Waals surface area contributed by atoms with Crippen LogP contribution in [0.15, 0.2) is 48.7 Å². The summed E-state index contributed by atoms with van der Waals surface area (Å²) in [6, 6.07) is 13.9. The third-order valence-electron chi connectivity index (χ3n) is 6.58. The van der Waals surface area contributed by atoms with Gasteiger partial charge in [-0.15, -0.1) is 0 Å². The number of hydrogen-bond donors (Lipinski definition) is 2. The maximum atomic E-state index is 13.1. The summed E-state index contributed by atoms with van der Waals surface area (Å²) in [5, 5.41) is 12.8. The van der Waals surface area contributed by atoms with Gasteiger partial charge < -0.3 is 20.2 Å². The maximum absolute atomic E-state index is 13.1. The van der Waals surface area contributed by atoms with Crippen molar-refractivity contribution in [1.29, 1.82) is 0 Å². The molecular formula is C25H34N4O2. The highest BCUT2D eigenvalue weighted by atomic mass is 16.3. The number of aromatic nitrogens is 1.